The molecule has 0 radical (unpaired) electrons. The monoisotopic (exact) mass is 608 g/mol. The number of anilines is 1. The van der Waals surface area contributed by atoms with Crippen molar-refractivity contribution in [2.45, 2.75) is 63.6 Å². The molecule has 0 spiro atoms. The van der Waals surface area contributed by atoms with E-state index in [1.54, 1.807) is 19.3 Å². The number of aromatic amines is 1. The highest BCUT2D eigenvalue weighted by atomic mass is 16.2. The second kappa shape index (κ2) is 19.7. The number of aromatic nitrogens is 2. The van der Waals surface area contributed by atoms with Gasteiger partial charge in [0.15, 0.2) is 0 Å². The zero-order valence-corrected chi connectivity index (χ0v) is 26.1. The van der Waals surface area contributed by atoms with Crippen LogP contribution in [0.15, 0.2) is 67.1 Å². The number of likely N-dealkylation sites (N-methyl/N-ethyl adjacent to an activating group) is 1. The molecular formula is C33H48N6O5. The molecule has 1 saturated heterocycles. The van der Waals surface area contributed by atoms with Crippen LogP contribution in [-0.4, -0.2) is 67.1 Å². The predicted molar refractivity (Wildman–Crippen MR) is 174 cm³/mol. The van der Waals surface area contributed by atoms with Crippen molar-refractivity contribution < 1.29 is 19.2 Å². The first-order valence-corrected chi connectivity index (χ1v) is 14.7. The lowest BCUT2D eigenvalue weighted by molar-refractivity contribution is -0.130. The van der Waals surface area contributed by atoms with Crippen LogP contribution in [-0.2, 0) is 32.1 Å². The third-order valence-electron chi connectivity index (χ3n) is 7.61. The molecule has 4 aliphatic rings. The van der Waals surface area contributed by atoms with E-state index in [1.807, 2.05) is 19.6 Å². The van der Waals surface area contributed by atoms with Gasteiger partial charge >= 0.3 is 0 Å². The summed E-state index contributed by atoms with van der Waals surface area (Å²) in [7, 11) is 1.59. The average Bonchev–Trinajstić information content (AvgIpc) is 3.96. The van der Waals surface area contributed by atoms with E-state index in [1.165, 1.54) is 30.0 Å². The van der Waals surface area contributed by atoms with Gasteiger partial charge in [-0.3, -0.25) is 19.4 Å². The van der Waals surface area contributed by atoms with Gasteiger partial charge in [0.1, 0.15) is 19.1 Å². The maximum atomic E-state index is 12.0. The second-order valence-electron chi connectivity index (χ2n) is 10.6. The minimum absolute atomic E-state index is 0.0489. The largest absolute Gasteiger partial charge is 0.357 e. The number of rotatable bonds is 5. The molecule has 4 N–H and O–H groups in total. The number of hydrogen-bond acceptors (Lipinski definition) is 8. The van der Waals surface area contributed by atoms with E-state index >= 15 is 0 Å². The maximum absolute atomic E-state index is 12.0. The molecule has 3 atom stereocenters. The lowest BCUT2D eigenvalue weighted by atomic mass is 10.0. The first kappa shape index (κ1) is 37.6. The topological polar surface area (TPSA) is 153 Å². The van der Waals surface area contributed by atoms with Crippen molar-refractivity contribution in [3.8, 4) is 0 Å². The molecule has 1 aromatic carbocycles. The molecule has 3 heterocycles. The standard InChI is InChI=1S/C13H13N3O.C12H19N3O2.C4H8.C2H4.2CH2O/c17-12-5-7-14-13(15-12)16-8-6-10-3-1-2-4-11(10)9-16;1-3-8-7-12(8,11(17)13-2)15-10(16)9-5-4-6-14-9;1-4-2-3-4;3*1-2/h1-5,7H,6,8-9H2,(H,14,15,17);3,8-9,14H,1,4-7H2,2H3,(H,13,17)(H,15,16);4H,2-3H2,1H3;1-2H2;2*1H2/t;8?,9-,12?;;;;/m.0..../s1. The zero-order chi connectivity index (χ0) is 33.1. The Bertz CT molecular complexity index is 1240. The van der Waals surface area contributed by atoms with E-state index in [4.69, 9.17) is 9.59 Å². The number of H-pyrrole nitrogens is 1. The normalized spacial score (nSPS) is 21.8. The van der Waals surface area contributed by atoms with Crippen LogP contribution in [0.1, 0.15) is 50.2 Å². The lowest BCUT2D eigenvalue weighted by Crippen LogP contribution is -2.53. The fourth-order valence-corrected chi connectivity index (χ4v) is 4.84. The third kappa shape index (κ3) is 11.0. The number of nitrogens with zero attached hydrogens (tertiary/aromatic N) is 2. The Labute approximate surface area is 260 Å². The Morgan fingerprint density at radius 1 is 1.07 bits per heavy atom. The van der Waals surface area contributed by atoms with Crippen molar-refractivity contribution >= 4 is 31.3 Å². The van der Waals surface area contributed by atoms with Gasteiger partial charge in [0.25, 0.3) is 5.56 Å². The molecule has 6 rings (SSSR count). The van der Waals surface area contributed by atoms with E-state index in [2.05, 4.69) is 75.7 Å². The molecule has 2 aromatic rings. The van der Waals surface area contributed by atoms with Crippen molar-refractivity contribution in [3.05, 3.63) is 83.8 Å². The van der Waals surface area contributed by atoms with Crippen molar-refractivity contribution in [1.82, 2.24) is 25.9 Å². The molecule has 240 valence electrons. The highest BCUT2D eigenvalue weighted by molar-refractivity contribution is 5.96. The number of fused-ring (bicyclic) bond motifs is 1. The third-order valence-corrected chi connectivity index (χ3v) is 7.61. The fraction of sp³-hybridized carbons (Fsp3) is 0.455. The molecular weight excluding hydrogens is 560 g/mol. The highest BCUT2D eigenvalue weighted by Gasteiger charge is 2.59. The number of hydrogen-bond donors (Lipinski definition) is 4. The fourth-order valence-electron chi connectivity index (χ4n) is 4.84. The molecule has 0 bridgehead atoms. The number of carbonyl (C=O) groups is 4. The van der Waals surface area contributed by atoms with E-state index in [0.717, 1.165) is 44.8 Å². The van der Waals surface area contributed by atoms with Gasteiger partial charge in [0.2, 0.25) is 17.8 Å². The Kier molecular flexibility index (Phi) is 16.9. The molecule has 11 heteroatoms. The maximum Gasteiger partial charge on any atom is 0.252 e. The predicted octanol–water partition coefficient (Wildman–Crippen LogP) is 2.73. The molecule has 44 heavy (non-hydrogen) atoms. The van der Waals surface area contributed by atoms with Crippen LogP contribution in [0.25, 0.3) is 0 Å². The summed E-state index contributed by atoms with van der Waals surface area (Å²) in [5, 5.41) is 8.61. The van der Waals surface area contributed by atoms with Crippen molar-refractivity contribution in [2.75, 3.05) is 25.0 Å². The van der Waals surface area contributed by atoms with Gasteiger partial charge in [-0.05, 0) is 49.3 Å². The van der Waals surface area contributed by atoms with Gasteiger partial charge in [0.05, 0.1) is 6.04 Å². The van der Waals surface area contributed by atoms with E-state index < -0.39 is 5.54 Å². The van der Waals surface area contributed by atoms with Gasteiger partial charge in [-0.1, -0.05) is 50.1 Å². The molecule has 11 nitrogen and oxygen atoms in total. The highest BCUT2D eigenvalue weighted by Crippen LogP contribution is 2.44. The summed E-state index contributed by atoms with van der Waals surface area (Å²) in [6, 6.07) is 9.68. The summed E-state index contributed by atoms with van der Waals surface area (Å²) in [5.41, 5.74) is 1.85. The van der Waals surface area contributed by atoms with Crippen LogP contribution < -0.4 is 26.4 Å². The second-order valence-corrected chi connectivity index (χ2v) is 10.6. The molecule has 3 fully saturated rings. The van der Waals surface area contributed by atoms with E-state index in [0.29, 0.717) is 12.4 Å². The molecule has 2 aliphatic carbocycles. The van der Waals surface area contributed by atoms with Crippen LogP contribution in [0.5, 0.6) is 0 Å². The minimum Gasteiger partial charge on any atom is -0.357 e. The van der Waals surface area contributed by atoms with Crippen LogP contribution in [0.2, 0.25) is 0 Å². The Balaban J connectivity index is 0.000000339. The van der Waals surface area contributed by atoms with E-state index in [9.17, 15) is 14.4 Å². The first-order valence-electron chi connectivity index (χ1n) is 14.7. The average molecular weight is 609 g/mol. The Morgan fingerprint density at radius 2 is 1.70 bits per heavy atom. The number of nitrogens with one attached hydrogen (secondary N) is 4. The van der Waals surface area contributed by atoms with Crippen molar-refractivity contribution in [3.63, 3.8) is 0 Å². The molecule has 2 unspecified atom stereocenters. The summed E-state index contributed by atoms with van der Waals surface area (Å²) in [4.78, 5) is 60.1. The van der Waals surface area contributed by atoms with Crippen LogP contribution in [0.3, 0.4) is 0 Å². The zero-order valence-electron chi connectivity index (χ0n) is 26.1. The summed E-state index contributed by atoms with van der Waals surface area (Å²) in [6.07, 6.45) is 9.75. The number of benzene rings is 1. The minimum atomic E-state index is -0.752. The summed E-state index contributed by atoms with van der Waals surface area (Å²) >= 11 is 0. The first-order chi connectivity index (χ1) is 21.4. The van der Waals surface area contributed by atoms with Crippen molar-refractivity contribution in [2.24, 2.45) is 11.8 Å². The van der Waals surface area contributed by atoms with Gasteiger partial charge < -0.3 is 30.4 Å². The lowest BCUT2D eigenvalue weighted by Gasteiger charge is -2.28. The molecule has 2 amide bonds. The summed E-state index contributed by atoms with van der Waals surface area (Å²) in [6.45, 7) is 18.5. The SMILES string of the molecule is C=C.C=CC1CC1(NC(=O)[C@@H]1CCCN1)C(=O)NC.C=O.C=O.CC1CC1.O=c1ccnc(N2CCc3ccccc3C2)[nH]1. The number of carbonyl (C=O) groups excluding carboxylic acids is 4. The van der Waals surface area contributed by atoms with Gasteiger partial charge in [-0.25, -0.2) is 4.98 Å². The Morgan fingerprint density at radius 3 is 2.20 bits per heavy atom. The Hall–Kier alpha value is -4.38. The quantitative estimate of drug-likeness (QED) is 0.378. The molecule has 1 aromatic heterocycles. The van der Waals surface area contributed by atoms with Crippen LogP contribution in [0, 0.1) is 11.8 Å². The summed E-state index contributed by atoms with van der Waals surface area (Å²) < 4.78 is 0. The van der Waals surface area contributed by atoms with Crippen LogP contribution in [0.4, 0.5) is 5.95 Å². The molecule has 2 aliphatic heterocycles. The van der Waals surface area contributed by atoms with Gasteiger partial charge in [0, 0.05) is 38.3 Å². The van der Waals surface area contributed by atoms with Gasteiger partial charge in [-0.15, -0.1) is 19.7 Å². The summed E-state index contributed by atoms with van der Waals surface area (Å²) in [5.74, 6) is 1.59. The van der Waals surface area contributed by atoms with Crippen molar-refractivity contribution in [1.29, 1.82) is 0 Å². The van der Waals surface area contributed by atoms with Crippen LogP contribution >= 0.6 is 0 Å². The smallest absolute Gasteiger partial charge is 0.252 e. The van der Waals surface area contributed by atoms with E-state index in [-0.39, 0.29) is 29.3 Å². The molecule has 2 saturated carbocycles. The number of amides is 2. The van der Waals surface area contributed by atoms with Gasteiger partial charge in [-0.2, -0.15) is 0 Å².